The summed E-state index contributed by atoms with van der Waals surface area (Å²) in [6.07, 6.45) is 2.65. The van der Waals surface area contributed by atoms with Crippen LogP contribution in [-0.2, 0) is 11.3 Å². The van der Waals surface area contributed by atoms with Crippen molar-refractivity contribution in [2.75, 3.05) is 18.5 Å². The zero-order valence-corrected chi connectivity index (χ0v) is 11.8. The molecule has 1 aliphatic heterocycles. The van der Waals surface area contributed by atoms with Crippen molar-refractivity contribution >= 4 is 5.82 Å². The van der Waals surface area contributed by atoms with E-state index >= 15 is 0 Å². The molecule has 6 heteroatoms. The lowest BCUT2D eigenvalue weighted by Crippen LogP contribution is -2.06. The molecule has 1 fully saturated rings. The maximum absolute atomic E-state index is 5.41. The molecule has 20 heavy (non-hydrogen) atoms. The van der Waals surface area contributed by atoms with Crippen molar-refractivity contribution in [3.63, 3.8) is 0 Å². The number of aromatic amines is 1. The Labute approximate surface area is 118 Å². The van der Waals surface area contributed by atoms with Gasteiger partial charge in [0.15, 0.2) is 0 Å². The van der Waals surface area contributed by atoms with E-state index < -0.39 is 0 Å². The summed E-state index contributed by atoms with van der Waals surface area (Å²) in [5.41, 5.74) is 4.36. The fourth-order valence-electron chi connectivity index (χ4n) is 2.47. The van der Waals surface area contributed by atoms with Gasteiger partial charge in [-0.3, -0.25) is 5.10 Å². The second-order valence-electron chi connectivity index (χ2n) is 5.15. The second kappa shape index (κ2) is 5.58. The molecule has 2 aromatic rings. The van der Waals surface area contributed by atoms with E-state index in [4.69, 9.17) is 4.74 Å². The van der Waals surface area contributed by atoms with Gasteiger partial charge in [0.2, 0.25) is 0 Å². The summed E-state index contributed by atoms with van der Waals surface area (Å²) in [5.74, 6) is 1.25. The molecule has 0 aliphatic carbocycles. The van der Waals surface area contributed by atoms with Crippen LogP contribution >= 0.6 is 0 Å². The lowest BCUT2D eigenvalue weighted by Gasteiger charge is -2.10. The Kier molecular flexibility index (Phi) is 3.64. The molecular formula is C14H19N5O. The summed E-state index contributed by atoms with van der Waals surface area (Å²) >= 11 is 0. The third-order valence-electron chi connectivity index (χ3n) is 3.76. The van der Waals surface area contributed by atoms with E-state index in [-0.39, 0.29) is 0 Å². The van der Waals surface area contributed by atoms with E-state index in [0.29, 0.717) is 12.5 Å². The summed E-state index contributed by atoms with van der Waals surface area (Å²) in [6.45, 7) is 6.33. The molecule has 1 saturated heterocycles. The molecule has 0 saturated carbocycles. The van der Waals surface area contributed by atoms with Crippen molar-refractivity contribution in [1.82, 2.24) is 20.2 Å². The molecule has 0 aromatic carbocycles. The van der Waals surface area contributed by atoms with Crippen LogP contribution in [0.15, 0.2) is 12.4 Å². The van der Waals surface area contributed by atoms with Gasteiger partial charge in [0.25, 0.3) is 0 Å². The van der Waals surface area contributed by atoms with Gasteiger partial charge in [-0.15, -0.1) is 0 Å². The van der Waals surface area contributed by atoms with E-state index in [1.807, 2.05) is 19.9 Å². The third-order valence-corrected chi connectivity index (χ3v) is 3.76. The first-order chi connectivity index (χ1) is 9.74. The van der Waals surface area contributed by atoms with Gasteiger partial charge in [0.05, 0.1) is 18.0 Å². The molecule has 3 rings (SSSR count). The Bertz CT molecular complexity index is 570. The van der Waals surface area contributed by atoms with Crippen molar-refractivity contribution in [1.29, 1.82) is 0 Å². The highest BCUT2D eigenvalue weighted by atomic mass is 16.5. The average molecular weight is 273 g/mol. The highest BCUT2D eigenvalue weighted by Gasteiger charge is 2.19. The minimum absolute atomic E-state index is 0.399. The number of ether oxygens (including phenoxy) is 1. The monoisotopic (exact) mass is 273 g/mol. The molecule has 3 heterocycles. The number of H-pyrrole nitrogens is 1. The number of hydrogen-bond acceptors (Lipinski definition) is 5. The Hall–Kier alpha value is -1.95. The maximum Gasteiger partial charge on any atom is 0.129 e. The summed E-state index contributed by atoms with van der Waals surface area (Å²) in [5, 5.41) is 10.5. The topological polar surface area (TPSA) is 75.7 Å². The van der Waals surface area contributed by atoms with E-state index in [9.17, 15) is 0 Å². The Morgan fingerprint density at radius 3 is 3.00 bits per heavy atom. The Morgan fingerprint density at radius 1 is 1.40 bits per heavy atom. The number of aromatic nitrogens is 4. The van der Waals surface area contributed by atoms with Gasteiger partial charge >= 0.3 is 0 Å². The summed E-state index contributed by atoms with van der Waals surface area (Å²) < 4.78 is 5.41. The number of nitrogens with one attached hydrogen (secondary N) is 2. The van der Waals surface area contributed by atoms with Gasteiger partial charge in [-0.25, -0.2) is 9.97 Å². The Balaban J connectivity index is 1.70. The number of nitrogens with zero attached hydrogens (tertiary/aromatic N) is 3. The molecule has 0 unspecified atom stereocenters. The molecular weight excluding hydrogens is 254 g/mol. The van der Waals surface area contributed by atoms with Crippen LogP contribution in [0, 0.1) is 13.8 Å². The quantitative estimate of drug-likeness (QED) is 0.890. The van der Waals surface area contributed by atoms with Crippen LogP contribution < -0.4 is 5.32 Å². The number of anilines is 1. The van der Waals surface area contributed by atoms with Gasteiger partial charge in [-0.2, -0.15) is 5.10 Å². The zero-order valence-electron chi connectivity index (χ0n) is 11.8. The molecule has 1 atom stereocenters. The third kappa shape index (κ3) is 2.65. The van der Waals surface area contributed by atoms with Crippen molar-refractivity contribution in [2.45, 2.75) is 32.7 Å². The van der Waals surface area contributed by atoms with Crippen molar-refractivity contribution in [2.24, 2.45) is 0 Å². The van der Waals surface area contributed by atoms with E-state index in [0.717, 1.165) is 42.5 Å². The predicted molar refractivity (Wildman–Crippen MR) is 75.6 cm³/mol. The summed E-state index contributed by atoms with van der Waals surface area (Å²) in [4.78, 5) is 8.63. The van der Waals surface area contributed by atoms with E-state index in [1.54, 1.807) is 6.33 Å². The van der Waals surface area contributed by atoms with Crippen molar-refractivity contribution < 1.29 is 4.74 Å². The van der Waals surface area contributed by atoms with Gasteiger partial charge in [0.1, 0.15) is 12.1 Å². The molecule has 6 nitrogen and oxygen atoms in total. The van der Waals surface area contributed by atoms with Crippen molar-refractivity contribution in [3.05, 3.63) is 35.0 Å². The predicted octanol–water partition coefficient (Wildman–Crippen LogP) is 1.93. The number of aryl methyl sites for hydroxylation is 2. The normalized spacial score (nSPS) is 18.4. The largest absolute Gasteiger partial charge is 0.381 e. The van der Waals surface area contributed by atoms with Crippen LogP contribution in [0.2, 0.25) is 0 Å². The Morgan fingerprint density at radius 2 is 2.30 bits per heavy atom. The highest BCUT2D eigenvalue weighted by molar-refractivity contribution is 5.38. The van der Waals surface area contributed by atoms with Crippen LogP contribution in [0.4, 0.5) is 5.82 Å². The van der Waals surface area contributed by atoms with Crippen LogP contribution in [0.25, 0.3) is 0 Å². The first kappa shape index (κ1) is 13.1. The van der Waals surface area contributed by atoms with Gasteiger partial charge in [0, 0.05) is 36.4 Å². The number of rotatable bonds is 4. The minimum atomic E-state index is 0.399. The maximum atomic E-state index is 5.41. The molecule has 0 spiro atoms. The van der Waals surface area contributed by atoms with Crippen molar-refractivity contribution in [3.8, 4) is 0 Å². The molecule has 1 aliphatic rings. The first-order valence-corrected chi connectivity index (χ1v) is 6.88. The van der Waals surface area contributed by atoms with E-state index in [2.05, 4.69) is 25.5 Å². The molecule has 0 amide bonds. The zero-order chi connectivity index (χ0) is 13.9. The number of hydrogen-bond donors (Lipinski definition) is 2. The summed E-state index contributed by atoms with van der Waals surface area (Å²) in [6, 6.07) is 2.02. The van der Waals surface area contributed by atoms with Crippen LogP contribution in [0.3, 0.4) is 0 Å². The molecule has 0 bridgehead atoms. The smallest absolute Gasteiger partial charge is 0.129 e. The van der Waals surface area contributed by atoms with Gasteiger partial charge in [-0.1, -0.05) is 0 Å². The SMILES string of the molecule is Cc1n[nH]c(C)c1CNc1cc([C@@H]2CCOC2)ncn1. The lowest BCUT2D eigenvalue weighted by atomic mass is 10.1. The van der Waals surface area contributed by atoms with E-state index in [1.165, 1.54) is 5.56 Å². The lowest BCUT2D eigenvalue weighted by molar-refractivity contribution is 0.193. The minimum Gasteiger partial charge on any atom is -0.381 e. The molecule has 2 N–H and O–H groups in total. The van der Waals surface area contributed by atoms with Crippen LogP contribution in [0.1, 0.15) is 35.0 Å². The molecule has 2 aromatic heterocycles. The van der Waals surface area contributed by atoms with Gasteiger partial charge in [-0.05, 0) is 20.3 Å². The second-order valence-corrected chi connectivity index (χ2v) is 5.15. The molecule has 106 valence electrons. The van der Waals surface area contributed by atoms with Crippen LogP contribution in [0.5, 0.6) is 0 Å². The molecule has 0 radical (unpaired) electrons. The average Bonchev–Trinajstić information content (AvgIpc) is 3.09. The van der Waals surface area contributed by atoms with Gasteiger partial charge < -0.3 is 10.1 Å². The summed E-state index contributed by atoms with van der Waals surface area (Å²) in [7, 11) is 0. The van der Waals surface area contributed by atoms with Crippen LogP contribution in [-0.4, -0.2) is 33.4 Å². The highest BCUT2D eigenvalue weighted by Crippen LogP contribution is 2.24. The first-order valence-electron chi connectivity index (χ1n) is 6.88. The standard InChI is InChI=1S/C14H19N5O/c1-9-12(10(2)19-18-9)6-15-14-5-13(16-8-17-14)11-3-4-20-7-11/h5,8,11H,3-4,6-7H2,1-2H3,(H,18,19)(H,15,16,17)/t11-/m1/s1. The fourth-order valence-corrected chi connectivity index (χ4v) is 2.47. The fraction of sp³-hybridized carbons (Fsp3) is 0.500.